The van der Waals surface area contributed by atoms with Crippen molar-refractivity contribution < 1.29 is 14.6 Å². The number of carboxylic acids is 1. The van der Waals surface area contributed by atoms with Gasteiger partial charge in [-0.3, -0.25) is 4.68 Å². The fourth-order valence-electron chi connectivity index (χ4n) is 3.06. The third-order valence-electron chi connectivity index (χ3n) is 4.55. The Morgan fingerprint density at radius 1 is 1.21 bits per heavy atom. The summed E-state index contributed by atoms with van der Waals surface area (Å²) in [6, 6.07) is 18.3. The number of aromatic carboxylic acids is 1. The Kier molecular flexibility index (Phi) is 5.86. The van der Waals surface area contributed by atoms with Gasteiger partial charge in [-0.05, 0) is 23.1 Å². The lowest BCUT2D eigenvalue weighted by molar-refractivity contribution is 0.0696. The van der Waals surface area contributed by atoms with E-state index in [1.165, 1.54) is 11.8 Å². The normalized spacial score (nSPS) is 15.6. The van der Waals surface area contributed by atoms with Crippen molar-refractivity contribution in [3.63, 3.8) is 0 Å². The lowest BCUT2D eigenvalue weighted by Gasteiger charge is -2.14. The zero-order chi connectivity index (χ0) is 20.1. The highest BCUT2D eigenvalue weighted by Gasteiger charge is 2.19. The molecule has 0 radical (unpaired) electrons. The molecule has 0 fully saturated rings. The summed E-state index contributed by atoms with van der Waals surface area (Å²) in [5, 5.41) is 18.8. The van der Waals surface area contributed by atoms with Crippen molar-refractivity contribution in [2.45, 2.75) is 18.3 Å². The average molecular weight is 407 g/mol. The highest BCUT2D eigenvalue weighted by atomic mass is 32.2. The molecule has 7 heteroatoms. The molecule has 0 aliphatic carbocycles. The molecule has 1 aliphatic rings. The monoisotopic (exact) mass is 407 g/mol. The molecule has 148 valence electrons. The maximum Gasteiger partial charge on any atom is 0.338 e. The summed E-state index contributed by atoms with van der Waals surface area (Å²) in [4.78, 5) is 11.0. The van der Waals surface area contributed by atoms with E-state index in [0.717, 1.165) is 23.4 Å². The van der Waals surface area contributed by atoms with Gasteiger partial charge >= 0.3 is 5.97 Å². The first-order valence-electron chi connectivity index (χ1n) is 9.32. The number of nitrogens with one attached hydrogen (secondary N) is 1. The van der Waals surface area contributed by atoms with Gasteiger partial charge in [0, 0.05) is 23.9 Å². The van der Waals surface area contributed by atoms with Crippen LogP contribution in [-0.4, -0.2) is 32.8 Å². The predicted octanol–water partition coefficient (Wildman–Crippen LogP) is 3.86. The van der Waals surface area contributed by atoms with Crippen molar-refractivity contribution >= 4 is 23.4 Å². The minimum absolute atomic E-state index is 0.0919. The van der Waals surface area contributed by atoms with E-state index < -0.39 is 5.97 Å². The quantitative estimate of drug-likeness (QED) is 0.590. The molecule has 0 saturated heterocycles. The largest absolute Gasteiger partial charge is 0.493 e. The minimum Gasteiger partial charge on any atom is -0.493 e. The number of thioether (sulfide) groups is 1. The molecule has 1 atom stereocenters. The van der Waals surface area contributed by atoms with Crippen LogP contribution >= 0.6 is 11.8 Å². The van der Waals surface area contributed by atoms with E-state index in [0.29, 0.717) is 13.2 Å². The molecule has 2 aromatic carbocycles. The highest BCUT2D eigenvalue weighted by Crippen LogP contribution is 2.29. The molecule has 0 saturated carbocycles. The number of ether oxygens (including phenoxy) is 1. The molecule has 0 spiro atoms. The Morgan fingerprint density at radius 3 is 2.86 bits per heavy atom. The number of nitrogens with zero attached hydrogens (tertiary/aromatic N) is 2. The second-order valence-electron chi connectivity index (χ2n) is 6.67. The Bertz CT molecular complexity index is 1020. The topological polar surface area (TPSA) is 76.4 Å². The first-order valence-corrected chi connectivity index (χ1v) is 10.3. The van der Waals surface area contributed by atoms with Gasteiger partial charge < -0.3 is 15.2 Å². The number of hydrogen-bond donors (Lipinski definition) is 2. The summed E-state index contributed by atoms with van der Waals surface area (Å²) in [7, 11) is 0. The molecule has 1 aliphatic heterocycles. The van der Waals surface area contributed by atoms with Crippen LogP contribution in [0, 0.1) is 0 Å². The second kappa shape index (κ2) is 8.87. The summed E-state index contributed by atoms with van der Waals surface area (Å²) in [6.07, 6.45) is 3.78. The Labute approximate surface area is 173 Å². The van der Waals surface area contributed by atoms with Crippen LogP contribution in [0.25, 0.3) is 5.70 Å². The summed E-state index contributed by atoms with van der Waals surface area (Å²) < 4.78 is 7.57. The minimum atomic E-state index is -0.967. The molecule has 0 bridgehead atoms. The van der Waals surface area contributed by atoms with Crippen LogP contribution in [0.5, 0.6) is 5.75 Å². The van der Waals surface area contributed by atoms with Crippen LogP contribution in [0.15, 0.2) is 72.4 Å². The summed E-state index contributed by atoms with van der Waals surface area (Å²) in [5.41, 5.74) is 3.54. The standard InChI is InChI=1S/C22H21N3O3S/c26-22(27)18-12-23-25(13-18)14-21-24-20(15-29-21)17-7-4-8-19(11-17)28-10-9-16-5-2-1-3-6-16/h1-8,11-13,15,21,24H,9-10,14H2,(H,26,27). The van der Waals surface area contributed by atoms with Crippen molar-refractivity contribution in [2.75, 3.05) is 6.61 Å². The summed E-state index contributed by atoms with van der Waals surface area (Å²) in [6.45, 7) is 1.20. The summed E-state index contributed by atoms with van der Waals surface area (Å²) in [5.74, 6) is -0.126. The van der Waals surface area contributed by atoms with Crippen LogP contribution in [0.4, 0.5) is 0 Å². The highest BCUT2D eigenvalue weighted by molar-refractivity contribution is 8.03. The zero-order valence-electron chi connectivity index (χ0n) is 15.7. The lowest BCUT2D eigenvalue weighted by atomic mass is 10.1. The fourth-order valence-corrected chi connectivity index (χ4v) is 4.00. The fraction of sp³-hybridized carbons (Fsp3) is 0.182. The van der Waals surface area contributed by atoms with E-state index in [1.54, 1.807) is 22.6 Å². The first kappa shape index (κ1) is 19.1. The van der Waals surface area contributed by atoms with Crippen molar-refractivity contribution in [2.24, 2.45) is 0 Å². The summed E-state index contributed by atoms with van der Waals surface area (Å²) >= 11 is 1.66. The Morgan fingerprint density at radius 2 is 2.07 bits per heavy atom. The number of hydrogen-bond acceptors (Lipinski definition) is 5. The zero-order valence-corrected chi connectivity index (χ0v) is 16.5. The van der Waals surface area contributed by atoms with Gasteiger partial charge in [-0.15, -0.1) is 11.8 Å². The van der Waals surface area contributed by atoms with E-state index in [9.17, 15) is 4.79 Å². The smallest absolute Gasteiger partial charge is 0.338 e. The van der Waals surface area contributed by atoms with Gasteiger partial charge in [0.25, 0.3) is 0 Å². The van der Waals surface area contributed by atoms with Gasteiger partial charge in [0.05, 0.1) is 30.3 Å². The van der Waals surface area contributed by atoms with Gasteiger partial charge in [-0.1, -0.05) is 42.5 Å². The van der Waals surface area contributed by atoms with Crippen LogP contribution in [0.3, 0.4) is 0 Å². The van der Waals surface area contributed by atoms with E-state index in [1.807, 2.05) is 42.5 Å². The van der Waals surface area contributed by atoms with Crippen molar-refractivity contribution in [1.82, 2.24) is 15.1 Å². The Hall–Kier alpha value is -3.19. The van der Waals surface area contributed by atoms with Gasteiger partial charge in [-0.2, -0.15) is 5.10 Å². The van der Waals surface area contributed by atoms with E-state index in [-0.39, 0.29) is 10.9 Å². The van der Waals surface area contributed by atoms with E-state index in [4.69, 9.17) is 9.84 Å². The molecule has 0 amide bonds. The third kappa shape index (κ3) is 5.00. The molecule has 6 nitrogen and oxygen atoms in total. The SMILES string of the molecule is O=C(O)c1cnn(CC2NC(c3cccc(OCCc4ccccc4)c3)=CS2)c1. The molecule has 2 heterocycles. The molecular formula is C22H21N3O3S. The van der Waals surface area contributed by atoms with Crippen molar-refractivity contribution in [1.29, 1.82) is 0 Å². The second-order valence-corrected chi connectivity index (χ2v) is 7.75. The van der Waals surface area contributed by atoms with Gasteiger partial charge in [0.15, 0.2) is 0 Å². The average Bonchev–Trinajstić information content (AvgIpc) is 3.39. The van der Waals surface area contributed by atoms with Crippen LogP contribution < -0.4 is 10.1 Å². The molecule has 1 unspecified atom stereocenters. The lowest BCUT2D eigenvalue weighted by Crippen LogP contribution is -2.25. The van der Waals surface area contributed by atoms with Gasteiger partial charge in [0.2, 0.25) is 0 Å². The molecule has 29 heavy (non-hydrogen) atoms. The van der Waals surface area contributed by atoms with Gasteiger partial charge in [-0.25, -0.2) is 4.79 Å². The third-order valence-corrected chi connectivity index (χ3v) is 5.51. The number of carboxylic acid groups (broad SMARTS) is 1. The van der Waals surface area contributed by atoms with E-state index in [2.05, 4.69) is 28.0 Å². The maximum atomic E-state index is 11.0. The van der Waals surface area contributed by atoms with Crippen LogP contribution in [-0.2, 0) is 13.0 Å². The molecule has 4 rings (SSSR count). The molecule has 1 aromatic heterocycles. The predicted molar refractivity (Wildman–Crippen MR) is 114 cm³/mol. The van der Waals surface area contributed by atoms with Crippen LogP contribution in [0.1, 0.15) is 21.5 Å². The maximum absolute atomic E-state index is 11.0. The molecule has 3 aromatic rings. The number of carbonyl (C=O) groups is 1. The number of rotatable bonds is 8. The van der Waals surface area contributed by atoms with Crippen molar-refractivity contribution in [3.05, 3.63) is 89.1 Å². The van der Waals surface area contributed by atoms with Crippen molar-refractivity contribution in [3.8, 4) is 5.75 Å². The Balaban J connectivity index is 1.31. The number of aromatic nitrogens is 2. The molecule has 2 N–H and O–H groups in total. The van der Waals surface area contributed by atoms with Crippen LogP contribution in [0.2, 0.25) is 0 Å². The number of benzene rings is 2. The molecular weight excluding hydrogens is 386 g/mol. The van der Waals surface area contributed by atoms with Gasteiger partial charge in [0.1, 0.15) is 5.75 Å². The van der Waals surface area contributed by atoms with E-state index >= 15 is 0 Å². The first-order chi connectivity index (χ1) is 14.2.